The second-order valence-electron chi connectivity index (χ2n) is 7.05. The minimum absolute atomic E-state index is 0.364. The van der Waals surface area contributed by atoms with Gasteiger partial charge in [0, 0.05) is 26.2 Å². The van der Waals surface area contributed by atoms with Crippen molar-refractivity contribution in [2.24, 2.45) is 0 Å². The third-order valence-corrected chi connectivity index (χ3v) is 7.76. The molecule has 0 unspecified atom stereocenters. The van der Waals surface area contributed by atoms with Crippen molar-refractivity contribution in [2.45, 2.75) is 31.2 Å². The highest BCUT2D eigenvalue weighted by molar-refractivity contribution is 7.89. The first-order valence-corrected chi connectivity index (χ1v) is 12.1. The smallest absolute Gasteiger partial charge is 0.257 e. The minimum atomic E-state index is -3.46. The van der Waals surface area contributed by atoms with Crippen LogP contribution in [0.2, 0.25) is 0 Å². The number of piperazine rings is 1. The highest BCUT2D eigenvalue weighted by Crippen LogP contribution is 2.24. The number of aryl methyl sites for hydroxylation is 1. The standard InChI is InChI=1S/C20H24N4O3S2/c1-2-4-16-6-8-17(9-7-16)29(25,26)24-12-10-23(11-13-24)15-19-21-22-20(27-19)18-5-3-14-28-18/h3,5-9,14H,2,4,10-13,15H2,1H3. The zero-order valence-electron chi connectivity index (χ0n) is 16.3. The van der Waals surface area contributed by atoms with Gasteiger partial charge in [-0.1, -0.05) is 31.5 Å². The molecule has 3 aromatic rings. The zero-order chi connectivity index (χ0) is 20.3. The molecule has 0 N–H and O–H groups in total. The average molecular weight is 433 g/mol. The maximum atomic E-state index is 12.9. The van der Waals surface area contributed by atoms with E-state index in [2.05, 4.69) is 22.0 Å². The number of sulfonamides is 1. The molecule has 0 bridgehead atoms. The van der Waals surface area contributed by atoms with Crippen LogP contribution in [0.3, 0.4) is 0 Å². The average Bonchev–Trinajstić information content (AvgIpc) is 3.41. The largest absolute Gasteiger partial charge is 0.419 e. The van der Waals surface area contributed by atoms with E-state index in [9.17, 15) is 8.42 Å². The van der Waals surface area contributed by atoms with Gasteiger partial charge in [0.25, 0.3) is 5.89 Å². The van der Waals surface area contributed by atoms with Gasteiger partial charge in [-0.25, -0.2) is 8.42 Å². The molecule has 0 amide bonds. The van der Waals surface area contributed by atoms with Crippen LogP contribution in [0.25, 0.3) is 10.8 Å². The quantitative estimate of drug-likeness (QED) is 0.570. The molecule has 9 heteroatoms. The second-order valence-corrected chi connectivity index (χ2v) is 9.94. The molecule has 3 heterocycles. The van der Waals surface area contributed by atoms with Crippen molar-refractivity contribution in [3.05, 3.63) is 53.2 Å². The molecule has 29 heavy (non-hydrogen) atoms. The first kappa shape index (κ1) is 20.2. The number of hydrogen-bond acceptors (Lipinski definition) is 7. The van der Waals surface area contributed by atoms with Gasteiger partial charge in [-0.3, -0.25) is 4.90 Å². The van der Waals surface area contributed by atoms with Crippen molar-refractivity contribution in [1.82, 2.24) is 19.4 Å². The highest BCUT2D eigenvalue weighted by atomic mass is 32.2. The fraction of sp³-hybridized carbons (Fsp3) is 0.400. The summed E-state index contributed by atoms with van der Waals surface area (Å²) in [7, 11) is -3.46. The summed E-state index contributed by atoms with van der Waals surface area (Å²) < 4.78 is 33.1. The van der Waals surface area contributed by atoms with Gasteiger partial charge in [-0.15, -0.1) is 21.5 Å². The minimum Gasteiger partial charge on any atom is -0.419 e. The van der Waals surface area contributed by atoms with Crippen LogP contribution in [0.5, 0.6) is 0 Å². The lowest BCUT2D eigenvalue weighted by molar-refractivity contribution is 0.168. The highest BCUT2D eigenvalue weighted by Gasteiger charge is 2.29. The van der Waals surface area contributed by atoms with Crippen LogP contribution in [-0.4, -0.2) is 54.0 Å². The molecule has 1 fully saturated rings. The topological polar surface area (TPSA) is 79.5 Å². The Morgan fingerprint density at radius 1 is 1.07 bits per heavy atom. The molecule has 1 aromatic carbocycles. The summed E-state index contributed by atoms with van der Waals surface area (Å²) in [5, 5.41) is 10.2. The molecule has 0 spiro atoms. The number of hydrogen-bond donors (Lipinski definition) is 0. The molecular formula is C20H24N4O3S2. The summed E-state index contributed by atoms with van der Waals surface area (Å²) in [4.78, 5) is 3.45. The van der Waals surface area contributed by atoms with Crippen molar-refractivity contribution >= 4 is 21.4 Å². The molecule has 0 atom stereocenters. The van der Waals surface area contributed by atoms with Gasteiger partial charge in [-0.05, 0) is 35.6 Å². The van der Waals surface area contributed by atoms with E-state index in [4.69, 9.17) is 4.42 Å². The predicted octanol–water partition coefficient (Wildman–Crippen LogP) is 3.26. The molecule has 4 rings (SSSR count). The van der Waals surface area contributed by atoms with E-state index >= 15 is 0 Å². The summed E-state index contributed by atoms with van der Waals surface area (Å²) in [6.45, 7) is 4.79. The van der Waals surface area contributed by atoms with E-state index in [0.29, 0.717) is 49.4 Å². The summed E-state index contributed by atoms with van der Waals surface area (Å²) in [6.07, 6.45) is 2.01. The van der Waals surface area contributed by atoms with Crippen molar-refractivity contribution < 1.29 is 12.8 Å². The Morgan fingerprint density at radius 3 is 2.48 bits per heavy atom. The van der Waals surface area contributed by atoms with E-state index in [1.54, 1.807) is 27.8 Å². The van der Waals surface area contributed by atoms with Crippen molar-refractivity contribution in [1.29, 1.82) is 0 Å². The molecule has 0 radical (unpaired) electrons. The SMILES string of the molecule is CCCc1ccc(S(=O)(=O)N2CCN(Cc3nnc(-c4cccs4)o3)CC2)cc1. The lowest BCUT2D eigenvalue weighted by Crippen LogP contribution is -2.48. The molecule has 154 valence electrons. The van der Waals surface area contributed by atoms with Gasteiger partial charge < -0.3 is 4.42 Å². The molecular weight excluding hydrogens is 408 g/mol. The normalized spacial score (nSPS) is 16.3. The number of thiophene rings is 1. The fourth-order valence-corrected chi connectivity index (χ4v) is 5.47. The maximum absolute atomic E-state index is 12.9. The molecule has 1 saturated heterocycles. The Labute approximate surface area is 175 Å². The van der Waals surface area contributed by atoms with E-state index in [-0.39, 0.29) is 0 Å². The van der Waals surface area contributed by atoms with Crippen LogP contribution in [0.4, 0.5) is 0 Å². The van der Waals surface area contributed by atoms with Crippen LogP contribution in [0.1, 0.15) is 24.8 Å². The van der Waals surface area contributed by atoms with E-state index < -0.39 is 10.0 Å². The van der Waals surface area contributed by atoms with Crippen LogP contribution in [-0.2, 0) is 23.0 Å². The summed E-state index contributed by atoms with van der Waals surface area (Å²) in [6, 6.07) is 11.1. The van der Waals surface area contributed by atoms with E-state index in [1.165, 1.54) is 0 Å². The molecule has 0 aliphatic carbocycles. The van der Waals surface area contributed by atoms with Gasteiger partial charge >= 0.3 is 0 Å². The molecule has 7 nitrogen and oxygen atoms in total. The first-order chi connectivity index (χ1) is 14.1. The number of aromatic nitrogens is 2. The van der Waals surface area contributed by atoms with Crippen LogP contribution >= 0.6 is 11.3 Å². The second kappa shape index (κ2) is 8.74. The van der Waals surface area contributed by atoms with Crippen LogP contribution < -0.4 is 0 Å². The third kappa shape index (κ3) is 4.58. The lowest BCUT2D eigenvalue weighted by Gasteiger charge is -2.33. The van der Waals surface area contributed by atoms with Gasteiger partial charge in [0.2, 0.25) is 15.9 Å². The molecule has 2 aromatic heterocycles. The summed E-state index contributed by atoms with van der Waals surface area (Å²) >= 11 is 1.56. The van der Waals surface area contributed by atoms with Gasteiger partial charge in [-0.2, -0.15) is 4.31 Å². The van der Waals surface area contributed by atoms with Gasteiger partial charge in [0.15, 0.2) is 0 Å². The van der Waals surface area contributed by atoms with Gasteiger partial charge in [0.1, 0.15) is 0 Å². The van der Waals surface area contributed by atoms with Crippen LogP contribution in [0.15, 0.2) is 51.1 Å². The van der Waals surface area contributed by atoms with Crippen LogP contribution in [0, 0.1) is 0 Å². The zero-order valence-corrected chi connectivity index (χ0v) is 18.0. The Hall–Kier alpha value is -2.07. The Morgan fingerprint density at radius 2 is 1.83 bits per heavy atom. The fourth-order valence-electron chi connectivity index (χ4n) is 3.40. The third-order valence-electron chi connectivity index (χ3n) is 4.99. The lowest BCUT2D eigenvalue weighted by atomic mass is 10.1. The summed E-state index contributed by atoms with van der Waals surface area (Å²) in [5.74, 6) is 1.08. The molecule has 0 saturated carbocycles. The first-order valence-electron chi connectivity index (χ1n) is 9.74. The predicted molar refractivity (Wildman–Crippen MR) is 112 cm³/mol. The number of rotatable bonds is 7. The Bertz CT molecular complexity index is 1020. The molecule has 1 aliphatic heterocycles. The van der Waals surface area contributed by atoms with Gasteiger partial charge in [0.05, 0.1) is 16.3 Å². The van der Waals surface area contributed by atoms with E-state index in [1.807, 2.05) is 29.6 Å². The molecule has 1 aliphatic rings. The number of nitrogens with zero attached hydrogens (tertiary/aromatic N) is 4. The van der Waals surface area contributed by atoms with Crippen molar-refractivity contribution in [3.63, 3.8) is 0 Å². The summed E-state index contributed by atoms with van der Waals surface area (Å²) in [5.41, 5.74) is 1.16. The Kier molecular flexibility index (Phi) is 6.09. The Balaban J connectivity index is 1.35. The monoisotopic (exact) mass is 432 g/mol. The van der Waals surface area contributed by atoms with E-state index in [0.717, 1.165) is 23.3 Å². The van der Waals surface area contributed by atoms with Crippen molar-refractivity contribution in [3.8, 4) is 10.8 Å². The maximum Gasteiger partial charge on any atom is 0.257 e. The number of benzene rings is 1. The van der Waals surface area contributed by atoms with Crippen molar-refractivity contribution in [2.75, 3.05) is 26.2 Å².